The first-order valence-corrected chi connectivity index (χ1v) is 7.47. The Hall–Kier alpha value is -0.570. The van der Waals surface area contributed by atoms with Crippen molar-refractivity contribution < 1.29 is 9.90 Å². The van der Waals surface area contributed by atoms with Crippen molar-refractivity contribution in [1.82, 2.24) is 4.90 Å². The summed E-state index contributed by atoms with van der Waals surface area (Å²) in [5.74, 6) is 0.562. The summed E-state index contributed by atoms with van der Waals surface area (Å²) in [4.78, 5) is 14.8. The van der Waals surface area contributed by atoms with Crippen molar-refractivity contribution in [3.63, 3.8) is 0 Å². The number of carbonyl (C=O) groups excluding carboxylic acids is 1. The minimum atomic E-state index is 0.165. The summed E-state index contributed by atoms with van der Waals surface area (Å²) in [5.41, 5.74) is 0.165. The van der Waals surface area contributed by atoms with Crippen LogP contribution in [-0.4, -0.2) is 35.1 Å². The minimum Gasteiger partial charge on any atom is -0.396 e. The molecule has 0 heterocycles. The van der Waals surface area contributed by atoms with Crippen molar-refractivity contribution >= 4 is 5.91 Å². The van der Waals surface area contributed by atoms with Crippen molar-refractivity contribution in [3.05, 3.63) is 0 Å². The van der Waals surface area contributed by atoms with Crippen molar-refractivity contribution in [2.45, 2.75) is 64.8 Å². The van der Waals surface area contributed by atoms with E-state index in [1.807, 2.05) is 0 Å². The molecule has 0 aromatic carbocycles. The van der Waals surface area contributed by atoms with Gasteiger partial charge >= 0.3 is 0 Å². The Bertz CT molecular complexity index is 297. The monoisotopic (exact) mass is 253 g/mol. The molecule has 1 atom stereocenters. The molecule has 2 fully saturated rings. The zero-order chi connectivity index (χ0) is 13.2. The average molecular weight is 253 g/mol. The van der Waals surface area contributed by atoms with Crippen LogP contribution in [0.25, 0.3) is 0 Å². The Morgan fingerprint density at radius 1 is 1.28 bits per heavy atom. The smallest absolute Gasteiger partial charge is 0.226 e. The van der Waals surface area contributed by atoms with Gasteiger partial charge in [-0.1, -0.05) is 20.3 Å². The van der Waals surface area contributed by atoms with E-state index in [1.54, 1.807) is 0 Å². The molecule has 2 rings (SSSR count). The molecule has 2 aliphatic carbocycles. The summed E-state index contributed by atoms with van der Waals surface area (Å²) >= 11 is 0. The number of nitrogens with zero attached hydrogens (tertiary/aromatic N) is 1. The van der Waals surface area contributed by atoms with E-state index in [9.17, 15) is 4.79 Å². The fraction of sp³-hybridized carbons (Fsp3) is 0.933. The highest BCUT2D eigenvalue weighted by atomic mass is 16.3. The van der Waals surface area contributed by atoms with E-state index in [0.29, 0.717) is 11.9 Å². The summed E-state index contributed by atoms with van der Waals surface area (Å²) in [6.07, 6.45) is 7.68. The highest BCUT2D eigenvalue weighted by molar-refractivity contribution is 5.80. The third kappa shape index (κ3) is 2.71. The Morgan fingerprint density at radius 2 is 2.00 bits per heavy atom. The molecular weight excluding hydrogens is 226 g/mol. The second kappa shape index (κ2) is 5.60. The molecule has 1 unspecified atom stereocenters. The fourth-order valence-corrected chi connectivity index (χ4v) is 3.40. The molecule has 1 N–H and O–H groups in total. The molecule has 0 aromatic heterocycles. The van der Waals surface area contributed by atoms with E-state index in [1.165, 1.54) is 19.3 Å². The second-order valence-corrected chi connectivity index (χ2v) is 6.63. The lowest BCUT2D eigenvalue weighted by Crippen LogP contribution is -2.49. The molecule has 2 saturated carbocycles. The molecule has 0 aliphatic heterocycles. The summed E-state index contributed by atoms with van der Waals surface area (Å²) in [7, 11) is 0. The van der Waals surface area contributed by atoms with Crippen molar-refractivity contribution in [3.8, 4) is 0 Å². The number of carbonyl (C=O) groups is 1. The van der Waals surface area contributed by atoms with Gasteiger partial charge in [-0.15, -0.1) is 0 Å². The molecule has 2 aliphatic rings. The normalized spacial score (nSPS) is 26.9. The van der Waals surface area contributed by atoms with Crippen LogP contribution in [0.2, 0.25) is 0 Å². The summed E-state index contributed by atoms with van der Waals surface area (Å²) in [6.45, 7) is 5.39. The maximum Gasteiger partial charge on any atom is 0.226 e. The largest absolute Gasteiger partial charge is 0.396 e. The molecule has 3 nitrogen and oxygen atoms in total. The highest BCUT2D eigenvalue weighted by Gasteiger charge is 2.42. The number of aliphatic hydroxyl groups excluding tert-OH is 1. The molecule has 18 heavy (non-hydrogen) atoms. The molecule has 0 bridgehead atoms. The Balaban J connectivity index is 2.02. The van der Waals surface area contributed by atoms with Crippen LogP contribution < -0.4 is 0 Å². The summed E-state index contributed by atoms with van der Waals surface area (Å²) in [6, 6.07) is 0.459. The van der Waals surface area contributed by atoms with Crippen LogP contribution in [-0.2, 0) is 4.79 Å². The topological polar surface area (TPSA) is 40.5 Å². The van der Waals surface area contributed by atoms with Crippen molar-refractivity contribution in [2.24, 2.45) is 11.3 Å². The third-order valence-electron chi connectivity index (χ3n) is 4.91. The Labute approximate surface area is 111 Å². The quantitative estimate of drug-likeness (QED) is 0.818. The molecule has 0 radical (unpaired) electrons. The van der Waals surface area contributed by atoms with Gasteiger partial charge in [0.25, 0.3) is 0 Å². The minimum absolute atomic E-state index is 0.165. The molecule has 3 heteroatoms. The van der Waals surface area contributed by atoms with E-state index in [0.717, 1.165) is 32.2 Å². The molecule has 0 saturated heterocycles. The maximum atomic E-state index is 12.7. The van der Waals surface area contributed by atoms with Crippen molar-refractivity contribution in [1.29, 1.82) is 0 Å². The second-order valence-electron chi connectivity index (χ2n) is 6.63. The summed E-state index contributed by atoms with van der Waals surface area (Å²) in [5, 5.41) is 9.00. The van der Waals surface area contributed by atoms with Gasteiger partial charge in [0.05, 0.1) is 0 Å². The van der Waals surface area contributed by atoms with Gasteiger partial charge < -0.3 is 10.0 Å². The van der Waals surface area contributed by atoms with Crippen molar-refractivity contribution in [2.75, 3.05) is 13.2 Å². The predicted octanol–water partition coefficient (Wildman–Crippen LogP) is 2.58. The zero-order valence-electron chi connectivity index (χ0n) is 11.8. The molecule has 1 amide bonds. The van der Waals surface area contributed by atoms with E-state index in [4.69, 9.17) is 5.11 Å². The van der Waals surface area contributed by atoms with Gasteiger partial charge in [-0.2, -0.15) is 0 Å². The first kappa shape index (κ1) is 13.9. The number of amides is 1. The number of aliphatic hydroxyl groups is 1. The Kier molecular flexibility index (Phi) is 4.31. The van der Waals surface area contributed by atoms with E-state index in [2.05, 4.69) is 18.7 Å². The average Bonchev–Trinajstić information content (AvgIpc) is 2.60. The summed E-state index contributed by atoms with van der Waals surface area (Å²) < 4.78 is 0. The maximum absolute atomic E-state index is 12.7. The van der Waals surface area contributed by atoms with Gasteiger partial charge in [0, 0.05) is 25.1 Å². The lowest BCUT2D eigenvalue weighted by atomic mass is 9.80. The van der Waals surface area contributed by atoms with Crippen LogP contribution in [0.3, 0.4) is 0 Å². The highest BCUT2D eigenvalue weighted by Crippen LogP contribution is 2.44. The van der Waals surface area contributed by atoms with E-state index < -0.39 is 0 Å². The number of hydrogen-bond acceptors (Lipinski definition) is 2. The third-order valence-corrected chi connectivity index (χ3v) is 4.91. The molecule has 0 spiro atoms. The first-order valence-electron chi connectivity index (χ1n) is 7.47. The SMILES string of the molecule is CC1(C)CCCC1C(=O)N(CCCO)C1CCC1. The van der Waals surface area contributed by atoms with Crippen LogP contribution in [0, 0.1) is 11.3 Å². The lowest BCUT2D eigenvalue weighted by Gasteiger charge is -2.41. The predicted molar refractivity (Wildman–Crippen MR) is 72.2 cm³/mol. The zero-order valence-corrected chi connectivity index (χ0v) is 11.8. The fourth-order valence-electron chi connectivity index (χ4n) is 3.40. The molecular formula is C15H27NO2. The Morgan fingerprint density at radius 3 is 2.44 bits per heavy atom. The van der Waals surface area contributed by atoms with Gasteiger partial charge in [-0.05, 0) is 43.9 Å². The van der Waals surface area contributed by atoms with E-state index >= 15 is 0 Å². The van der Waals surface area contributed by atoms with Crippen LogP contribution in [0.15, 0.2) is 0 Å². The van der Waals surface area contributed by atoms with Gasteiger partial charge in [0.15, 0.2) is 0 Å². The van der Waals surface area contributed by atoms with E-state index in [-0.39, 0.29) is 17.9 Å². The van der Waals surface area contributed by atoms with Crippen LogP contribution >= 0.6 is 0 Å². The van der Waals surface area contributed by atoms with Gasteiger partial charge in [-0.25, -0.2) is 0 Å². The first-order chi connectivity index (χ1) is 8.56. The van der Waals surface area contributed by atoms with Crippen LogP contribution in [0.1, 0.15) is 58.8 Å². The van der Waals surface area contributed by atoms with Gasteiger partial charge in [0.1, 0.15) is 0 Å². The van der Waals surface area contributed by atoms with Gasteiger partial charge in [0.2, 0.25) is 5.91 Å². The standard InChI is InChI=1S/C15H27NO2/c1-15(2)9-4-8-13(15)14(18)16(10-5-11-17)12-6-3-7-12/h12-13,17H,3-11H2,1-2H3. The number of rotatable bonds is 5. The number of hydrogen-bond donors (Lipinski definition) is 1. The van der Waals surface area contributed by atoms with Gasteiger partial charge in [-0.3, -0.25) is 4.79 Å². The van der Waals surface area contributed by atoms with Crippen LogP contribution in [0.4, 0.5) is 0 Å². The van der Waals surface area contributed by atoms with Crippen LogP contribution in [0.5, 0.6) is 0 Å². The molecule has 0 aromatic rings. The lowest BCUT2D eigenvalue weighted by molar-refractivity contribution is -0.142. The molecule has 104 valence electrons.